The van der Waals surface area contributed by atoms with Crippen LogP contribution in [0, 0.1) is 0 Å². The second-order valence-corrected chi connectivity index (χ2v) is 10.9. The molecule has 3 atom stereocenters. The number of nitrogens with two attached hydrogens (primary N) is 3. The normalized spacial score (nSPS) is 13.0. The van der Waals surface area contributed by atoms with Crippen LogP contribution in [-0.2, 0) is 40.2 Å². The molecule has 0 saturated carbocycles. The molecule has 0 aromatic heterocycles. The second-order valence-electron chi connectivity index (χ2n) is 10.9. The number of ether oxygens (including phenoxy) is 1. The second kappa shape index (κ2) is 15.7. The van der Waals surface area contributed by atoms with Crippen molar-refractivity contribution in [2.24, 2.45) is 17.2 Å². The average molecular weight is 608 g/mol. The number of carboxylic acid groups (broad SMARTS) is 1. The quantitative estimate of drug-likeness (QED) is 0.116. The molecule has 0 spiro atoms. The Labute approximate surface area is 262 Å². The Bertz CT molecular complexity index is 1640. The summed E-state index contributed by atoms with van der Waals surface area (Å²) in [6.45, 7) is 0.0685. The first-order valence-electron chi connectivity index (χ1n) is 14.6. The minimum Gasteiger partial charge on any atom is -0.480 e. The van der Waals surface area contributed by atoms with Crippen LogP contribution in [0.4, 0.5) is 0 Å². The van der Waals surface area contributed by atoms with E-state index in [1.165, 1.54) is 0 Å². The van der Waals surface area contributed by atoms with Gasteiger partial charge < -0.3 is 27.0 Å². The molecule has 4 rings (SSSR count). The lowest BCUT2D eigenvalue weighted by molar-refractivity contribution is -0.146. The van der Waals surface area contributed by atoms with Crippen molar-refractivity contribution < 1.29 is 29.0 Å². The molecule has 0 aliphatic carbocycles. The van der Waals surface area contributed by atoms with Crippen LogP contribution in [0.25, 0.3) is 0 Å². The van der Waals surface area contributed by atoms with Crippen molar-refractivity contribution in [2.75, 3.05) is 0 Å². The van der Waals surface area contributed by atoms with E-state index in [0.717, 1.165) is 11.1 Å². The van der Waals surface area contributed by atoms with Crippen LogP contribution in [0.5, 0.6) is 0 Å². The van der Waals surface area contributed by atoms with E-state index in [1.807, 2.05) is 66.7 Å². The zero-order valence-electron chi connectivity index (χ0n) is 24.8. The van der Waals surface area contributed by atoms with E-state index < -0.39 is 41.6 Å². The summed E-state index contributed by atoms with van der Waals surface area (Å²) in [7, 11) is 0. The summed E-state index contributed by atoms with van der Waals surface area (Å²) in [5.41, 5.74) is 22.4. The van der Waals surface area contributed by atoms with E-state index in [2.05, 4.69) is 0 Å². The minimum absolute atomic E-state index is 0.0217. The van der Waals surface area contributed by atoms with Gasteiger partial charge in [-0.2, -0.15) is 0 Å². The van der Waals surface area contributed by atoms with E-state index in [9.17, 15) is 24.3 Å². The summed E-state index contributed by atoms with van der Waals surface area (Å²) in [5, 5.41) is 9.24. The summed E-state index contributed by atoms with van der Waals surface area (Å²) < 4.78 is 5.43. The van der Waals surface area contributed by atoms with Gasteiger partial charge in [0.25, 0.3) is 0 Å². The van der Waals surface area contributed by atoms with Crippen molar-refractivity contribution >= 4 is 23.5 Å². The molecular formula is C36H37N3O6. The number of ketones is 2. The number of hydrogen-bond donors (Lipinski definition) is 4. The molecule has 7 N–H and O–H groups in total. The monoisotopic (exact) mass is 607 g/mol. The van der Waals surface area contributed by atoms with Gasteiger partial charge in [-0.25, -0.2) is 0 Å². The maximum absolute atomic E-state index is 14.0. The smallest absolute Gasteiger partial charge is 0.323 e. The summed E-state index contributed by atoms with van der Waals surface area (Å²) in [6.07, 6.45) is 0.0686. The first-order chi connectivity index (χ1) is 21.6. The Morgan fingerprint density at radius 2 is 1.18 bits per heavy atom. The molecule has 0 fully saturated rings. The third-order valence-corrected chi connectivity index (χ3v) is 7.50. The van der Waals surface area contributed by atoms with E-state index >= 15 is 0 Å². The molecule has 3 unspecified atom stereocenters. The average Bonchev–Trinajstić information content (AvgIpc) is 3.04. The molecule has 4 aromatic carbocycles. The lowest BCUT2D eigenvalue weighted by atomic mass is 9.86. The number of Topliss-reactive ketones (excluding diaryl/α,β-unsaturated/α-hetero) is 2. The molecule has 0 aliphatic rings. The van der Waals surface area contributed by atoms with Gasteiger partial charge in [0, 0.05) is 17.5 Å². The molecule has 45 heavy (non-hydrogen) atoms. The van der Waals surface area contributed by atoms with Gasteiger partial charge in [0.15, 0.2) is 11.6 Å². The number of carboxylic acids is 1. The Balaban J connectivity index is 1.58. The van der Waals surface area contributed by atoms with Crippen molar-refractivity contribution in [3.8, 4) is 0 Å². The maximum atomic E-state index is 14.0. The van der Waals surface area contributed by atoms with Gasteiger partial charge in [-0.15, -0.1) is 0 Å². The van der Waals surface area contributed by atoms with E-state index in [1.54, 1.807) is 36.4 Å². The highest BCUT2D eigenvalue weighted by Crippen LogP contribution is 2.24. The first-order valence-corrected chi connectivity index (χ1v) is 14.6. The van der Waals surface area contributed by atoms with E-state index in [-0.39, 0.29) is 31.4 Å². The SMILES string of the molecule is NC(Cc1ccccc1C(=O)CC(N)C(=O)c1c(Cc2ccccc2)cccc1CC(N)C(=O)OCc1ccccc1)C(=O)O. The summed E-state index contributed by atoms with van der Waals surface area (Å²) in [6, 6.07) is 27.2. The van der Waals surface area contributed by atoms with Crippen LogP contribution in [0.3, 0.4) is 0 Å². The topological polar surface area (TPSA) is 176 Å². The lowest BCUT2D eigenvalue weighted by Gasteiger charge is -2.20. The van der Waals surface area contributed by atoms with E-state index in [0.29, 0.717) is 28.7 Å². The number of hydrogen-bond acceptors (Lipinski definition) is 8. The minimum atomic E-state index is -1.21. The Kier molecular flexibility index (Phi) is 11.5. The molecular weight excluding hydrogens is 570 g/mol. The summed E-state index contributed by atoms with van der Waals surface area (Å²) >= 11 is 0. The molecule has 232 valence electrons. The van der Waals surface area contributed by atoms with Gasteiger partial charge in [0.05, 0.1) is 6.04 Å². The van der Waals surface area contributed by atoms with Gasteiger partial charge >= 0.3 is 11.9 Å². The molecule has 0 saturated heterocycles. The Hall–Kier alpha value is -4.96. The fourth-order valence-electron chi connectivity index (χ4n) is 5.14. The van der Waals surface area contributed by atoms with E-state index in [4.69, 9.17) is 21.9 Å². The highest BCUT2D eigenvalue weighted by atomic mass is 16.5. The van der Waals surface area contributed by atoms with Crippen molar-refractivity contribution in [2.45, 2.75) is 50.4 Å². The standard InChI is InChI=1S/C36H37N3O6/c37-29(21-32(40)28-17-8-7-14-25(28)19-30(38)35(42)43)34(41)33-26(18-23-10-3-1-4-11-23)15-9-16-27(33)20-31(39)36(44)45-22-24-12-5-2-6-13-24/h1-17,29-31H,18-22,37-39H2,(H,42,43). The molecule has 4 aromatic rings. The number of benzene rings is 4. The molecule has 0 radical (unpaired) electrons. The zero-order valence-corrected chi connectivity index (χ0v) is 24.8. The molecule has 9 heteroatoms. The predicted molar refractivity (Wildman–Crippen MR) is 171 cm³/mol. The van der Waals surface area contributed by atoms with Crippen LogP contribution in [-0.4, -0.2) is 46.7 Å². The van der Waals surface area contributed by atoms with Crippen LogP contribution in [0.15, 0.2) is 103 Å². The molecule has 0 aliphatic heterocycles. The van der Waals surface area contributed by atoms with Crippen LogP contribution in [0.1, 0.15) is 55.0 Å². The fraction of sp³-hybridized carbons (Fsp3) is 0.222. The highest BCUT2D eigenvalue weighted by molar-refractivity contribution is 6.07. The van der Waals surface area contributed by atoms with Gasteiger partial charge in [-0.05, 0) is 47.1 Å². The van der Waals surface area contributed by atoms with Crippen LogP contribution in [0.2, 0.25) is 0 Å². The van der Waals surface area contributed by atoms with Crippen molar-refractivity contribution in [3.05, 3.63) is 142 Å². The zero-order chi connectivity index (χ0) is 32.3. The number of carbonyl (C=O) groups is 4. The van der Waals surface area contributed by atoms with Crippen LogP contribution < -0.4 is 17.2 Å². The third kappa shape index (κ3) is 9.02. The number of rotatable bonds is 15. The fourth-order valence-corrected chi connectivity index (χ4v) is 5.14. The third-order valence-electron chi connectivity index (χ3n) is 7.50. The molecule has 9 nitrogen and oxygen atoms in total. The van der Waals surface area contributed by atoms with Crippen molar-refractivity contribution in [1.29, 1.82) is 0 Å². The molecule has 0 amide bonds. The summed E-state index contributed by atoms with van der Waals surface area (Å²) in [4.78, 5) is 51.5. The maximum Gasteiger partial charge on any atom is 0.323 e. The summed E-state index contributed by atoms with van der Waals surface area (Å²) in [5.74, 6) is -2.67. The predicted octanol–water partition coefficient (Wildman–Crippen LogP) is 3.63. The highest BCUT2D eigenvalue weighted by Gasteiger charge is 2.28. The Morgan fingerprint density at radius 1 is 0.622 bits per heavy atom. The number of aliphatic carboxylic acids is 1. The van der Waals surface area contributed by atoms with Gasteiger partial charge in [0.2, 0.25) is 0 Å². The number of carbonyl (C=O) groups excluding carboxylic acids is 3. The first kappa shape index (κ1) is 32.9. The lowest BCUT2D eigenvalue weighted by Crippen LogP contribution is -2.37. The molecule has 0 bridgehead atoms. The van der Waals surface area contributed by atoms with Crippen LogP contribution >= 0.6 is 0 Å². The van der Waals surface area contributed by atoms with Gasteiger partial charge in [0.1, 0.15) is 18.7 Å². The van der Waals surface area contributed by atoms with Crippen molar-refractivity contribution in [3.63, 3.8) is 0 Å². The number of esters is 1. The van der Waals surface area contributed by atoms with Gasteiger partial charge in [-0.3, -0.25) is 19.2 Å². The van der Waals surface area contributed by atoms with Crippen molar-refractivity contribution in [1.82, 2.24) is 0 Å². The largest absolute Gasteiger partial charge is 0.480 e. The molecule has 0 heterocycles. The van der Waals surface area contributed by atoms with Gasteiger partial charge in [-0.1, -0.05) is 103 Å². The Morgan fingerprint density at radius 3 is 1.84 bits per heavy atom.